The molecule has 4 nitrogen and oxygen atoms in total. The fraction of sp³-hybridized carbons (Fsp3) is 0.0909. The number of carbonyl (C=O) groups is 2. The maximum absolute atomic E-state index is 13.4. The number of hydrogen-bond acceptors (Lipinski definition) is 2. The van der Waals surface area contributed by atoms with E-state index in [1.54, 1.807) is 30.3 Å². The highest BCUT2D eigenvalue weighted by Gasteiger charge is 2.26. The summed E-state index contributed by atoms with van der Waals surface area (Å²) in [6.07, 6.45) is 0. The third kappa shape index (κ3) is 3.22. The second-order valence-electron chi connectivity index (χ2n) is 6.07. The van der Waals surface area contributed by atoms with Gasteiger partial charge in [-0.25, -0.2) is 4.79 Å². The van der Waals surface area contributed by atoms with Crippen LogP contribution >= 0.6 is 0 Å². The summed E-state index contributed by atoms with van der Waals surface area (Å²) in [4.78, 5) is 26.7. The van der Waals surface area contributed by atoms with E-state index in [0.717, 1.165) is 11.1 Å². The lowest BCUT2D eigenvalue weighted by Gasteiger charge is -2.27. The molecular formula is C22H19NO3. The second-order valence-corrected chi connectivity index (χ2v) is 6.07. The Morgan fingerprint density at radius 2 is 1.38 bits per heavy atom. The second kappa shape index (κ2) is 7.23. The van der Waals surface area contributed by atoms with Crippen molar-refractivity contribution in [2.45, 2.75) is 13.8 Å². The standard InChI is InChI=1S/C22H19NO3/c1-15-9-6-7-14-19(15)23(21(24)17-11-4-3-5-12-17)20-16(2)10-8-13-18(20)22(25)26/h3-14H,1-2H3,(H,25,26). The molecule has 0 atom stereocenters. The van der Waals surface area contributed by atoms with E-state index in [0.29, 0.717) is 16.9 Å². The average molecular weight is 345 g/mol. The zero-order chi connectivity index (χ0) is 18.7. The van der Waals surface area contributed by atoms with Crippen LogP contribution in [0.5, 0.6) is 0 Å². The number of anilines is 2. The van der Waals surface area contributed by atoms with Crippen molar-refractivity contribution in [3.63, 3.8) is 0 Å². The number of carboxylic acid groups (broad SMARTS) is 1. The van der Waals surface area contributed by atoms with Gasteiger partial charge in [0, 0.05) is 5.56 Å². The first-order valence-electron chi connectivity index (χ1n) is 8.28. The smallest absolute Gasteiger partial charge is 0.337 e. The van der Waals surface area contributed by atoms with E-state index in [4.69, 9.17) is 0 Å². The van der Waals surface area contributed by atoms with Gasteiger partial charge in [-0.05, 0) is 49.2 Å². The molecular weight excluding hydrogens is 326 g/mol. The van der Waals surface area contributed by atoms with Gasteiger partial charge in [-0.15, -0.1) is 0 Å². The van der Waals surface area contributed by atoms with Crippen molar-refractivity contribution in [3.05, 3.63) is 95.1 Å². The Labute approximate surface area is 152 Å². The van der Waals surface area contributed by atoms with Crippen LogP contribution in [0, 0.1) is 13.8 Å². The lowest BCUT2D eigenvalue weighted by atomic mass is 10.0. The number of benzene rings is 3. The molecule has 0 unspecified atom stereocenters. The van der Waals surface area contributed by atoms with Crippen LogP contribution in [0.25, 0.3) is 0 Å². The summed E-state index contributed by atoms with van der Waals surface area (Å²) in [7, 11) is 0. The summed E-state index contributed by atoms with van der Waals surface area (Å²) in [6, 6.07) is 21.4. The largest absolute Gasteiger partial charge is 0.478 e. The molecule has 0 aliphatic heterocycles. The topological polar surface area (TPSA) is 57.6 Å². The molecule has 0 radical (unpaired) electrons. The van der Waals surface area contributed by atoms with E-state index in [9.17, 15) is 14.7 Å². The number of carboxylic acids is 1. The molecule has 0 bridgehead atoms. The van der Waals surface area contributed by atoms with Crippen molar-refractivity contribution in [1.29, 1.82) is 0 Å². The van der Waals surface area contributed by atoms with Crippen molar-refractivity contribution in [3.8, 4) is 0 Å². The minimum Gasteiger partial charge on any atom is -0.478 e. The zero-order valence-corrected chi connectivity index (χ0v) is 14.6. The van der Waals surface area contributed by atoms with E-state index in [2.05, 4.69) is 0 Å². The molecule has 0 saturated carbocycles. The highest BCUT2D eigenvalue weighted by molar-refractivity contribution is 6.14. The number of hydrogen-bond donors (Lipinski definition) is 1. The van der Waals surface area contributed by atoms with Gasteiger partial charge in [0.1, 0.15) is 0 Å². The molecule has 1 amide bonds. The van der Waals surface area contributed by atoms with Crippen LogP contribution < -0.4 is 4.90 Å². The van der Waals surface area contributed by atoms with Crippen molar-refractivity contribution >= 4 is 23.3 Å². The molecule has 3 aromatic carbocycles. The first kappa shape index (κ1) is 17.4. The van der Waals surface area contributed by atoms with E-state index in [-0.39, 0.29) is 11.5 Å². The van der Waals surface area contributed by atoms with Gasteiger partial charge in [-0.2, -0.15) is 0 Å². The molecule has 4 heteroatoms. The van der Waals surface area contributed by atoms with Crippen LogP contribution in [0.15, 0.2) is 72.8 Å². The van der Waals surface area contributed by atoms with Gasteiger partial charge in [0.2, 0.25) is 0 Å². The van der Waals surface area contributed by atoms with Gasteiger partial charge >= 0.3 is 5.97 Å². The first-order chi connectivity index (χ1) is 12.5. The number of nitrogens with zero attached hydrogens (tertiary/aromatic N) is 1. The number of amides is 1. The molecule has 0 aliphatic rings. The van der Waals surface area contributed by atoms with Gasteiger partial charge in [0.15, 0.2) is 0 Å². The average Bonchev–Trinajstić information content (AvgIpc) is 2.65. The Kier molecular flexibility index (Phi) is 4.85. The van der Waals surface area contributed by atoms with Crippen molar-refractivity contribution in [1.82, 2.24) is 0 Å². The van der Waals surface area contributed by atoms with Crippen LogP contribution in [-0.2, 0) is 0 Å². The Hall–Kier alpha value is -3.40. The van der Waals surface area contributed by atoms with Crippen molar-refractivity contribution < 1.29 is 14.7 Å². The number of rotatable bonds is 4. The molecule has 3 aromatic rings. The highest BCUT2D eigenvalue weighted by Crippen LogP contribution is 2.35. The lowest BCUT2D eigenvalue weighted by molar-refractivity contribution is 0.0697. The van der Waals surface area contributed by atoms with Gasteiger partial charge in [-0.3, -0.25) is 9.69 Å². The van der Waals surface area contributed by atoms with Crippen molar-refractivity contribution in [2.75, 3.05) is 4.90 Å². The number of carbonyl (C=O) groups excluding carboxylic acids is 1. The van der Waals surface area contributed by atoms with Crippen LogP contribution in [0.1, 0.15) is 31.8 Å². The quantitative estimate of drug-likeness (QED) is 0.725. The van der Waals surface area contributed by atoms with E-state index < -0.39 is 5.97 Å². The molecule has 0 aliphatic carbocycles. The highest BCUT2D eigenvalue weighted by atomic mass is 16.4. The van der Waals surface area contributed by atoms with Crippen LogP contribution in [0.3, 0.4) is 0 Å². The van der Waals surface area contributed by atoms with E-state index in [1.807, 2.05) is 50.2 Å². The number of aromatic carboxylic acids is 1. The number of para-hydroxylation sites is 2. The third-order valence-corrected chi connectivity index (χ3v) is 4.27. The lowest BCUT2D eigenvalue weighted by Crippen LogP contribution is -2.29. The minimum absolute atomic E-state index is 0.0949. The summed E-state index contributed by atoms with van der Waals surface area (Å²) >= 11 is 0. The fourth-order valence-electron chi connectivity index (χ4n) is 2.98. The SMILES string of the molecule is Cc1ccccc1N(C(=O)c1ccccc1)c1c(C)cccc1C(=O)O. The third-order valence-electron chi connectivity index (χ3n) is 4.27. The maximum Gasteiger partial charge on any atom is 0.337 e. The van der Waals surface area contributed by atoms with Crippen LogP contribution in [-0.4, -0.2) is 17.0 Å². The summed E-state index contributed by atoms with van der Waals surface area (Å²) in [5, 5.41) is 9.67. The predicted octanol–water partition coefficient (Wildman–Crippen LogP) is 4.98. The summed E-state index contributed by atoms with van der Waals surface area (Å²) < 4.78 is 0. The molecule has 0 saturated heterocycles. The monoisotopic (exact) mass is 345 g/mol. The van der Waals surface area contributed by atoms with Crippen LogP contribution in [0.4, 0.5) is 11.4 Å². The Morgan fingerprint density at radius 1 is 0.769 bits per heavy atom. The molecule has 0 heterocycles. The summed E-state index contributed by atoms with van der Waals surface area (Å²) in [6.45, 7) is 3.71. The molecule has 3 rings (SSSR count). The minimum atomic E-state index is -1.07. The summed E-state index contributed by atoms with van der Waals surface area (Å²) in [5.74, 6) is -1.33. The molecule has 0 aromatic heterocycles. The van der Waals surface area contributed by atoms with Gasteiger partial charge < -0.3 is 5.11 Å². The molecule has 130 valence electrons. The predicted molar refractivity (Wildman–Crippen MR) is 102 cm³/mol. The van der Waals surface area contributed by atoms with Gasteiger partial charge in [0.25, 0.3) is 5.91 Å². The van der Waals surface area contributed by atoms with E-state index in [1.165, 1.54) is 11.0 Å². The molecule has 0 fully saturated rings. The maximum atomic E-state index is 13.4. The summed E-state index contributed by atoms with van der Waals surface area (Å²) in [5.41, 5.74) is 3.25. The van der Waals surface area contributed by atoms with Gasteiger partial charge in [-0.1, -0.05) is 48.5 Å². The normalized spacial score (nSPS) is 10.4. The first-order valence-corrected chi connectivity index (χ1v) is 8.28. The number of aryl methyl sites for hydroxylation is 2. The Bertz CT molecular complexity index is 964. The molecule has 1 N–H and O–H groups in total. The van der Waals surface area contributed by atoms with Crippen molar-refractivity contribution in [2.24, 2.45) is 0 Å². The molecule has 0 spiro atoms. The fourth-order valence-corrected chi connectivity index (χ4v) is 2.98. The Morgan fingerprint density at radius 3 is 2.04 bits per heavy atom. The van der Waals surface area contributed by atoms with Crippen LogP contribution in [0.2, 0.25) is 0 Å². The van der Waals surface area contributed by atoms with Gasteiger partial charge in [0.05, 0.1) is 16.9 Å². The zero-order valence-electron chi connectivity index (χ0n) is 14.6. The molecule has 26 heavy (non-hydrogen) atoms. The Balaban J connectivity index is 2.29. The van der Waals surface area contributed by atoms with E-state index >= 15 is 0 Å².